The number of hydrogen-bond acceptors (Lipinski definition) is 3. The quantitative estimate of drug-likeness (QED) is 0.840. The first kappa shape index (κ1) is 16.0. The number of nitrogens with two attached hydrogens (primary N) is 1. The molecule has 0 saturated heterocycles. The van der Waals surface area contributed by atoms with Crippen LogP contribution in [0.4, 0.5) is 4.39 Å². The fraction of sp³-hybridized carbons (Fsp3) is 0.467. The molecule has 6 heteroatoms. The first-order chi connectivity index (χ1) is 9.98. The monoisotopic (exact) mass is 310 g/mol. The van der Waals surface area contributed by atoms with Gasteiger partial charge in [0.1, 0.15) is 10.7 Å². The van der Waals surface area contributed by atoms with Crippen molar-refractivity contribution in [3.63, 3.8) is 0 Å². The number of nitrogens with zero attached hydrogens (tertiary/aromatic N) is 1. The summed E-state index contributed by atoms with van der Waals surface area (Å²) in [5.74, 6) is 4.94. The van der Waals surface area contributed by atoms with E-state index in [2.05, 4.69) is 11.8 Å². The maximum atomic E-state index is 14.1. The van der Waals surface area contributed by atoms with Crippen LogP contribution in [0.5, 0.6) is 0 Å². The largest absolute Gasteiger partial charge is 0.320 e. The highest BCUT2D eigenvalue weighted by Gasteiger charge is 2.32. The topological polar surface area (TPSA) is 63.4 Å². The van der Waals surface area contributed by atoms with E-state index in [9.17, 15) is 12.8 Å². The second-order valence-corrected chi connectivity index (χ2v) is 6.96. The summed E-state index contributed by atoms with van der Waals surface area (Å²) in [5, 5.41) is 0. The smallest absolute Gasteiger partial charge is 0.245 e. The predicted octanol–water partition coefficient (Wildman–Crippen LogP) is 1.56. The molecule has 0 amide bonds. The van der Waals surface area contributed by atoms with Gasteiger partial charge in [0, 0.05) is 18.7 Å². The molecule has 21 heavy (non-hydrogen) atoms. The standard InChI is InChI=1S/C15H19FN2O2S/c1-2-18(11-13-5-6-13)21(19,20)15-8-7-12(4-3-9-17)10-14(15)16/h7-8,10,13H,2,5-6,9,11,17H2,1H3. The van der Waals surface area contributed by atoms with Gasteiger partial charge in [-0.2, -0.15) is 4.31 Å². The van der Waals surface area contributed by atoms with Gasteiger partial charge in [-0.05, 0) is 37.0 Å². The van der Waals surface area contributed by atoms with E-state index < -0.39 is 15.8 Å². The van der Waals surface area contributed by atoms with Crippen LogP contribution >= 0.6 is 0 Å². The normalized spacial score (nSPS) is 14.9. The van der Waals surface area contributed by atoms with E-state index in [0.717, 1.165) is 18.9 Å². The second-order valence-electron chi connectivity index (χ2n) is 5.05. The van der Waals surface area contributed by atoms with Crippen LogP contribution in [0.15, 0.2) is 23.1 Å². The van der Waals surface area contributed by atoms with Crippen LogP contribution in [0.1, 0.15) is 25.3 Å². The summed E-state index contributed by atoms with van der Waals surface area (Å²) in [6.07, 6.45) is 2.09. The maximum absolute atomic E-state index is 14.1. The van der Waals surface area contributed by atoms with Gasteiger partial charge < -0.3 is 5.73 Å². The Hall–Kier alpha value is -1.42. The Morgan fingerprint density at radius 3 is 2.67 bits per heavy atom. The van der Waals surface area contributed by atoms with Crippen LogP contribution in [0.2, 0.25) is 0 Å². The first-order valence-electron chi connectivity index (χ1n) is 6.97. The first-order valence-corrected chi connectivity index (χ1v) is 8.41. The zero-order valence-electron chi connectivity index (χ0n) is 12.0. The molecule has 114 valence electrons. The Bertz CT molecular complexity index is 673. The zero-order valence-corrected chi connectivity index (χ0v) is 12.8. The molecule has 1 aliphatic rings. The summed E-state index contributed by atoms with van der Waals surface area (Å²) >= 11 is 0. The van der Waals surface area contributed by atoms with Crippen LogP contribution in [0.25, 0.3) is 0 Å². The highest BCUT2D eigenvalue weighted by atomic mass is 32.2. The van der Waals surface area contributed by atoms with Crippen LogP contribution in [0, 0.1) is 23.6 Å². The Labute approximate surface area is 125 Å². The lowest BCUT2D eigenvalue weighted by Crippen LogP contribution is -2.33. The van der Waals surface area contributed by atoms with Gasteiger partial charge in [0.25, 0.3) is 0 Å². The lowest BCUT2D eigenvalue weighted by molar-refractivity contribution is 0.408. The van der Waals surface area contributed by atoms with Crippen molar-refractivity contribution in [3.8, 4) is 11.8 Å². The molecule has 0 spiro atoms. The Morgan fingerprint density at radius 1 is 1.43 bits per heavy atom. The summed E-state index contributed by atoms with van der Waals surface area (Å²) in [4.78, 5) is -0.289. The van der Waals surface area contributed by atoms with Crippen LogP contribution in [-0.4, -0.2) is 32.4 Å². The third-order valence-corrected chi connectivity index (χ3v) is 5.37. The number of halogens is 1. The summed E-state index contributed by atoms with van der Waals surface area (Å²) in [6, 6.07) is 3.92. The van der Waals surface area contributed by atoms with Gasteiger partial charge in [-0.1, -0.05) is 18.8 Å². The summed E-state index contributed by atoms with van der Waals surface area (Å²) in [5.41, 5.74) is 5.67. The summed E-state index contributed by atoms with van der Waals surface area (Å²) in [7, 11) is -3.79. The van der Waals surface area contributed by atoms with Crippen molar-refractivity contribution in [2.45, 2.75) is 24.7 Å². The molecule has 2 N–H and O–H groups in total. The van der Waals surface area contributed by atoms with Crippen LogP contribution < -0.4 is 5.73 Å². The molecular formula is C15H19FN2O2S. The third-order valence-electron chi connectivity index (χ3n) is 3.40. The number of hydrogen-bond donors (Lipinski definition) is 1. The molecule has 4 nitrogen and oxygen atoms in total. The number of rotatable bonds is 5. The molecule has 1 aromatic rings. The molecular weight excluding hydrogens is 291 g/mol. The SMILES string of the molecule is CCN(CC1CC1)S(=O)(=O)c1ccc(C#CCN)cc1F. The van der Waals surface area contributed by atoms with Crippen molar-refractivity contribution in [1.29, 1.82) is 0 Å². The van der Waals surface area contributed by atoms with Crippen molar-refractivity contribution in [2.24, 2.45) is 11.7 Å². The Morgan fingerprint density at radius 2 is 2.14 bits per heavy atom. The van der Waals surface area contributed by atoms with Gasteiger partial charge in [-0.25, -0.2) is 12.8 Å². The van der Waals surface area contributed by atoms with Gasteiger partial charge >= 0.3 is 0 Å². The van der Waals surface area contributed by atoms with Gasteiger partial charge in [0.15, 0.2) is 0 Å². The fourth-order valence-corrected chi connectivity index (χ4v) is 3.64. The van der Waals surface area contributed by atoms with Crippen molar-refractivity contribution < 1.29 is 12.8 Å². The molecule has 0 unspecified atom stereocenters. The summed E-state index contributed by atoms with van der Waals surface area (Å²) in [6.45, 7) is 2.74. The minimum atomic E-state index is -3.79. The van der Waals surface area contributed by atoms with E-state index in [4.69, 9.17) is 5.73 Å². The molecule has 0 aromatic heterocycles. The number of sulfonamides is 1. The Kier molecular flexibility index (Phi) is 4.99. The molecule has 1 fully saturated rings. The molecule has 0 heterocycles. The predicted molar refractivity (Wildman–Crippen MR) is 79.5 cm³/mol. The third kappa shape index (κ3) is 3.82. The zero-order chi connectivity index (χ0) is 15.5. The molecule has 1 aromatic carbocycles. The van der Waals surface area contributed by atoms with E-state index in [1.165, 1.54) is 16.4 Å². The van der Waals surface area contributed by atoms with E-state index in [0.29, 0.717) is 24.6 Å². The highest BCUT2D eigenvalue weighted by molar-refractivity contribution is 7.89. The second kappa shape index (κ2) is 6.56. The van der Waals surface area contributed by atoms with Crippen molar-refractivity contribution in [2.75, 3.05) is 19.6 Å². The minimum Gasteiger partial charge on any atom is -0.320 e. The average molecular weight is 310 g/mol. The molecule has 1 saturated carbocycles. The average Bonchev–Trinajstić information content (AvgIpc) is 3.26. The van der Waals surface area contributed by atoms with E-state index in [1.54, 1.807) is 6.92 Å². The van der Waals surface area contributed by atoms with Gasteiger partial charge in [-0.3, -0.25) is 0 Å². The van der Waals surface area contributed by atoms with Gasteiger partial charge in [0.2, 0.25) is 10.0 Å². The van der Waals surface area contributed by atoms with Crippen molar-refractivity contribution >= 4 is 10.0 Å². The van der Waals surface area contributed by atoms with Gasteiger partial charge in [-0.15, -0.1) is 0 Å². The molecule has 0 radical (unpaired) electrons. The Balaban J connectivity index is 2.30. The van der Waals surface area contributed by atoms with Crippen molar-refractivity contribution in [1.82, 2.24) is 4.31 Å². The van der Waals surface area contributed by atoms with Crippen LogP contribution in [0.3, 0.4) is 0 Å². The van der Waals surface area contributed by atoms with E-state index >= 15 is 0 Å². The molecule has 1 aliphatic carbocycles. The van der Waals surface area contributed by atoms with Crippen LogP contribution in [-0.2, 0) is 10.0 Å². The van der Waals surface area contributed by atoms with Crippen molar-refractivity contribution in [3.05, 3.63) is 29.6 Å². The lowest BCUT2D eigenvalue weighted by atomic mass is 10.2. The minimum absolute atomic E-state index is 0.173. The lowest BCUT2D eigenvalue weighted by Gasteiger charge is -2.20. The maximum Gasteiger partial charge on any atom is 0.245 e. The van der Waals surface area contributed by atoms with E-state index in [1.807, 2.05) is 0 Å². The van der Waals surface area contributed by atoms with E-state index in [-0.39, 0.29) is 11.4 Å². The molecule has 0 bridgehead atoms. The summed E-state index contributed by atoms with van der Waals surface area (Å²) < 4.78 is 40.5. The van der Waals surface area contributed by atoms with Gasteiger partial charge in [0.05, 0.1) is 6.54 Å². The molecule has 2 rings (SSSR count). The molecule has 0 aliphatic heterocycles. The fourth-order valence-electron chi connectivity index (χ4n) is 2.07. The number of benzene rings is 1. The highest BCUT2D eigenvalue weighted by Crippen LogP contribution is 2.32. The molecule has 0 atom stereocenters.